The number of hydrogen-bond donors (Lipinski definition) is 0. The maximum absolute atomic E-state index is 12.4. The molecule has 4 aliphatic rings. The highest BCUT2D eigenvalue weighted by molar-refractivity contribution is 5.48. The van der Waals surface area contributed by atoms with Crippen molar-refractivity contribution in [3.63, 3.8) is 0 Å². The van der Waals surface area contributed by atoms with Crippen molar-refractivity contribution < 1.29 is 0 Å². The Labute approximate surface area is 189 Å². The maximum atomic E-state index is 12.4. The number of piperidine rings is 3. The molecule has 2 aromatic rings. The van der Waals surface area contributed by atoms with Crippen molar-refractivity contribution in [2.24, 2.45) is 5.92 Å². The van der Waals surface area contributed by atoms with Crippen molar-refractivity contribution in [3.8, 4) is 0 Å². The predicted octanol–water partition coefficient (Wildman–Crippen LogP) is 2.64. The van der Waals surface area contributed by atoms with Crippen molar-refractivity contribution in [3.05, 3.63) is 34.2 Å². The highest BCUT2D eigenvalue weighted by Gasteiger charge is 2.36. The van der Waals surface area contributed by atoms with Crippen LogP contribution in [0, 0.1) is 5.92 Å². The van der Waals surface area contributed by atoms with Crippen molar-refractivity contribution >= 4 is 17.8 Å². The van der Waals surface area contributed by atoms with E-state index in [0.29, 0.717) is 11.8 Å². The second kappa shape index (κ2) is 8.37. The zero-order valence-corrected chi connectivity index (χ0v) is 18.8. The summed E-state index contributed by atoms with van der Waals surface area (Å²) in [7, 11) is 0. The lowest BCUT2D eigenvalue weighted by Crippen LogP contribution is -2.48. The standard InChI is InChI=1S/C24H33N7O/c32-21-9-7-8-20-19-14-18(16-31(20)21)15-30(17-19)24-26-22(28-10-3-1-4-11-28)25-23(27-24)29-12-5-2-6-13-29/h7-9,18-19H,1-6,10-17H2/t18-,19+/m0/s1. The van der Waals surface area contributed by atoms with E-state index >= 15 is 0 Å². The molecule has 0 amide bonds. The molecule has 0 aliphatic carbocycles. The molecule has 0 aromatic carbocycles. The van der Waals surface area contributed by atoms with Gasteiger partial charge in [0.25, 0.3) is 5.56 Å². The Morgan fingerprint density at radius 1 is 0.688 bits per heavy atom. The Morgan fingerprint density at radius 2 is 1.28 bits per heavy atom. The summed E-state index contributed by atoms with van der Waals surface area (Å²) in [5.41, 5.74) is 1.30. The third kappa shape index (κ3) is 3.73. The first kappa shape index (κ1) is 20.0. The van der Waals surface area contributed by atoms with Gasteiger partial charge in [-0.2, -0.15) is 15.0 Å². The van der Waals surface area contributed by atoms with E-state index in [1.165, 1.54) is 44.2 Å². The number of anilines is 3. The summed E-state index contributed by atoms with van der Waals surface area (Å²) in [4.78, 5) is 34.4. The molecule has 0 saturated carbocycles. The van der Waals surface area contributed by atoms with Crippen LogP contribution in [0.25, 0.3) is 0 Å². The summed E-state index contributed by atoms with van der Waals surface area (Å²) in [5, 5.41) is 0. The van der Waals surface area contributed by atoms with Crippen LogP contribution in [0.5, 0.6) is 0 Å². The third-order valence-electron chi connectivity index (χ3n) is 7.64. The van der Waals surface area contributed by atoms with Gasteiger partial charge >= 0.3 is 0 Å². The van der Waals surface area contributed by atoms with Crippen molar-refractivity contribution in [1.29, 1.82) is 0 Å². The average molecular weight is 436 g/mol. The molecule has 0 radical (unpaired) electrons. The van der Waals surface area contributed by atoms with Gasteiger partial charge in [-0.3, -0.25) is 4.79 Å². The minimum Gasteiger partial charge on any atom is -0.341 e. The van der Waals surface area contributed by atoms with E-state index < -0.39 is 0 Å². The topological polar surface area (TPSA) is 70.4 Å². The molecule has 3 saturated heterocycles. The molecule has 0 spiro atoms. The van der Waals surface area contributed by atoms with Gasteiger partial charge in [-0.05, 0) is 56.9 Å². The fraction of sp³-hybridized carbons (Fsp3) is 0.667. The van der Waals surface area contributed by atoms with Crippen LogP contribution < -0.4 is 20.3 Å². The minimum atomic E-state index is 0.130. The van der Waals surface area contributed by atoms with Gasteiger partial charge in [0, 0.05) is 63.5 Å². The summed E-state index contributed by atoms with van der Waals surface area (Å²) < 4.78 is 1.99. The Hall–Kier alpha value is -2.64. The first-order valence-corrected chi connectivity index (χ1v) is 12.5. The second-order valence-corrected chi connectivity index (χ2v) is 9.93. The third-order valence-corrected chi connectivity index (χ3v) is 7.64. The Balaban J connectivity index is 1.34. The number of fused-ring (bicyclic) bond motifs is 4. The SMILES string of the molecule is O=c1cccc2n1C[C@H]1C[C@@H]2CN(c2nc(N3CCCCC3)nc(N3CCCCC3)n2)C1. The van der Waals surface area contributed by atoms with E-state index in [1.54, 1.807) is 6.07 Å². The lowest BCUT2D eigenvalue weighted by atomic mass is 9.83. The molecule has 2 aromatic heterocycles. The van der Waals surface area contributed by atoms with Crippen molar-refractivity contribution in [1.82, 2.24) is 19.5 Å². The highest BCUT2D eigenvalue weighted by atomic mass is 16.1. The van der Waals surface area contributed by atoms with Gasteiger partial charge in [-0.15, -0.1) is 0 Å². The van der Waals surface area contributed by atoms with Gasteiger partial charge in [0.05, 0.1) is 0 Å². The summed E-state index contributed by atoms with van der Waals surface area (Å²) >= 11 is 0. The van der Waals surface area contributed by atoms with Gasteiger partial charge in [-0.25, -0.2) is 0 Å². The molecule has 4 aliphatic heterocycles. The molecule has 2 atom stereocenters. The fourth-order valence-electron chi connectivity index (χ4n) is 6.02. The summed E-state index contributed by atoms with van der Waals surface area (Å²) in [6, 6.07) is 5.71. The first-order valence-electron chi connectivity index (χ1n) is 12.5. The molecule has 6 rings (SSSR count). The van der Waals surface area contributed by atoms with Crippen molar-refractivity contribution in [2.75, 3.05) is 54.0 Å². The zero-order chi connectivity index (χ0) is 21.5. The van der Waals surface area contributed by atoms with Gasteiger partial charge < -0.3 is 19.3 Å². The highest BCUT2D eigenvalue weighted by Crippen LogP contribution is 2.36. The minimum absolute atomic E-state index is 0.130. The summed E-state index contributed by atoms with van der Waals surface area (Å²) in [6.45, 7) is 6.69. The first-order chi connectivity index (χ1) is 15.7. The number of nitrogens with zero attached hydrogens (tertiary/aromatic N) is 7. The number of hydrogen-bond acceptors (Lipinski definition) is 7. The van der Waals surface area contributed by atoms with Crippen LogP contribution in [0.2, 0.25) is 0 Å². The molecule has 6 heterocycles. The molecule has 32 heavy (non-hydrogen) atoms. The molecule has 170 valence electrons. The second-order valence-electron chi connectivity index (χ2n) is 9.93. The maximum Gasteiger partial charge on any atom is 0.250 e. The molecular weight excluding hydrogens is 402 g/mol. The number of aromatic nitrogens is 4. The Morgan fingerprint density at radius 3 is 1.91 bits per heavy atom. The van der Waals surface area contributed by atoms with E-state index in [-0.39, 0.29) is 5.56 Å². The largest absolute Gasteiger partial charge is 0.341 e. The van der Waals surface area contributed by atoms with Crippen molar-refractivity contribution in [2.45, 2.75) is 57.4 Å². The monoisotopic (exact) mass is 435 g/mol. The van der Waals surface area contributed by atoms with E-state index in [0.717, 1.165) is 70.1 Å². The molecule has 3 fully saturated rings. The average Bonchev–Trinajstić information content (AvgIpc) is 2.85. The van der Waals surface area contributed by atoms with E-state index in [1.807, 2.05) is 10.6 Å². The number of pyridine rings is 1. The van der Waals surface area contributed by atoms with Crippen LogP contribution in [-0.4, -0.2) is 58.8 Å². The van der Waals surface area contributed by atoms with Gasteiger partial charge in [0.1, 0.15) is 0 Å². The normalized spacial score (nSPS) is 25.6. The van der Waals surface area contributed by atoms with Crippen LogP contribution in [0.1, 0.15) is 56.6 Å². The van der Waals surface area contributed by atoms with Crippen LogP contribution in [-0.2, 0) is 6.54 Å². The molecule has 2 bridgehead atoms. The van der Waals surface area contributed by atoms with Crippen LogP contribution in [0.3, 0.4) is 0 Å². The van der Waals surface area contributed by atoms with Gasteiger partial charge in [0.15, 0.2) is 0 Å². The van der Waals surface area contributed by atoms with Crippen LogP contribution >= 0.6 is 0 Å². The van der Waals surface area contributed by atoms with Gasteiger partial charge in [-0.1, -0.05) is 6.07 Å². The smallest absolute Gasteiger partial charge is 0.250 e. The Kier molecular flexibility index (Phi) is 5.23. The van der Waals surface area contributed by atoms with E-state index in [9.17, 15) is 4.79 Å². The van der Waals surface area contributed by atoms with E-state index in [2.05, 4.69) is 20.8 Å². The summed E-state index contributed by atoms with van der Waals surface area (Å²) in [6.07, 6.45) is 8.56. The van der Waals surface area contributed by atoms with Crippen LogP contribution in [0.15, 0.2) is 23.0 Å². The molecule has 0 unspecified atom stereocenters. The number of rotatable bonds is 3. The van der Waals surface area contributed by atoms with Crippen LogP contribution in [0.4, 0.5) is 17.8 Å². The fourth-order valence-corrected chi connectivity index (χ4v) is 6.02. The lowest BCUT2D eigenvalue weighted by Gasteiger charge is -2.43. The van der Waals surface area contributed by atoms with Gasteiger partial charge in [0.2, 0.25) is 17.8 Å². The Bertz CT molecular complexity index is 989. The molecule has 8 heteroatoms. The quantitative estimate of drug-likeness (QED) is 0.734. The zero-order valence-electron chi connectivity index (χ0n) is 18.8. The van der Waals surface area contributed by atoms with E-state index in [4.69, 9.17) is 15.0 Å². The molecule has 0 N–H and O–H groups in total. The lowest BCUT2D eigenvalue weighted by molar-refractivity contribution is 0.279. The summed E-state index contributed by atoms with van der Waals surface area (Å²) in [5.74, 6) is 3.33. The molecular formula is C24H33N7O. The predicted molar refractivity (Wildman–Crippen MR) is 126 cm³/mol. The molecule has 8 nitrogen and oxygen atoms in total.